The Morgan fingerprint density at radius 3 is 2.04 bits per heavy atom. The maximum absolute atomic E-state index is 13.4. The standard InChI is InChI=1S/C18H19F3N2O/c1-18(23-17(24)11-22,9-12-2-4-14(19)5-3-12)10-13-6-15(20)8-16(21)7-13/h2-8H,9-11,22H2,1H3,(H,23,24). The first-order valence-electron chi connectivity index (χ1n) is 7.50. The van der Waals surface area contributed by atoms with Crippen molar-refractivity contribution < 1.29 is 18.0 Å². The van der Waals surface area contributed by atoms with Crippen molar-refractivity contribution in [1.29, 1.82) is 0 Å². The molecule has 2 aromatic rings. The zero-order valence-corrected chi connectivity index (χ0v) is 13.3. The first-order chi connectivity index (χ1) is 11.3. The summed E-state index contributed by atoms with van der Waals surface area (Å²) >= 11 is 0. The molecule has 0 aliphatic heterocycles. The van der Waals surface area contributed by atoms with Gasteiger partial charge in [-0.3, -0.25) is 4.79 Å². The lowest BCUT2D eigenvalue weighted by atomic mass is 9.86. The Hall–Kier alpha value is -2.34. The Bertz CT molecular complexity index is 698. The summed E-state index contributed by atoms with van der Waals surface area (Å²) in [5.74, 6) is -2.10. The van der Waals surface area contributed by atoms with Crippen LogP contribution >= 0.6 is 0 Å². The van der Waals surface area contributed by atoms with Gasteiger partial charge in [0.1, 0.15) is 17.5 Å². The van der Waals surface area contributed by atoms with Gasteiger partial charge in [0, 0.05) is 11.6 Å². The number of nitrogens with one attached hydrogen (secondary N) is 1. The highest BCUT2D eigenvalue weighted by molar-refractivity contribution is 5.78. The van der Waals surface area contributed by atoms with Crippen molar-refractivity contribution in [2.75, 3.05) is 6.54 Å². The predicted molar refractivity (Wildman–Crippen MR) is 85.8 cm³/mol. The summed E-state index contributed by atoms with van der Waals surface area (Å²) in [5.41, 5.74) is 5.72. The number of carbonyl (C=O) groups excluding carboxylic acids is 1. The van der Waals surface area contributed by atoms with E-state index in [0.29, 0.717) is 12.0 Å². The Labute approximate surface area is 138 Å². The zero-order valence-electron chi connectivity index (χ0n) is 13.3. The van der Waals surface area contributed by atoms with Gasteiger partial charge in [0.2, 0.25) is 5.91 Å². The van der Waals surface area contributed by atoms with Gasteiger partial charge in [-0.15, -0.1) is 0 Å². The number of amides is 1. The van der Waals surface area contributed by atoms with Crippen LogP contribution in [0.2, 0.25) is 0 Å². The third-order valence-corrected chi connectivity index (χ3v) is 3.65. The van der Waals surface area contributed by atoms with Gasteiger partial charge in [-0.2, -0.15) is 0 Å². The summed E-state index contributed by atoms with van der Waals surface area (Å²) in [6.45, 7) is 1.56. The van der Waals surface area contributed by atoms with Crippen molar-refractivity contribution in [1.82, 2.24) is 5.32 Å². The molecule has 24 heavy (non-hydrogen) atoms. The normalized spacial score (nSPS) is 13.4. The molecule has 1 atom stereocenters. The maximum atomic E-state index is 13.4. The number of rotatable bonds is 6. The van der Waals surface area contributed by atoms with Crippen molar-refractivity contribution in [3.8, 4) is 0 Å². The fourth-order valence-electron chi connectivity index (χ4n) is 2.75. The fourth-order valence-corrected chi connectivity index (χ4v) is 2.75. The molecule has 6 heteroatoms. The molecule has 0 heterocycles. The van der Waals surface area contributed by atoms with Crippen LogP contribution in [-0.4, -0.2) is 18.0 Å². The lowest BCUT2D eigenvalue weighted by Crippen LogP contribution is -2.51. The fraction of sp³-hybridized carbons (Fsp3) is 0.278. The van der Waals surface area contributed by atoms with Crippen molar-refractivity contribution in [2.24, 2.45) is 5.73 Å². The van der Waals surface area contributed by atoms with Crippen molar-refractivity contribution in [2.45, 2.75) is 25.3 Å². The van der Waals surface area contributed by atoms with E-state index in [9.17, 15) is 18.0 Å². The van der Waals surface area contributed by atoms with Crippen molar-refractivity contribution in [3.05, 3.63) is 71.0 Å². The second-order valence-corrected chi connectivity index (χ2v) is 6.07. The van der Waals surface area contributed by atoms with E-state index in [1.807, 2.05) is 0 Å². The number of halogens is 3. The van der Waals surface area contributed by atoms with Crippen LogP contribution in [0.3, 0.4) is 0 Å². The second-order valence-electron chi connectivity index (χ2n) is 6.07. The minimum absolute atomic E-state index is 0.198. The van der Waals surface area contributed by atoms with E-state index in [2.05, 4.69) is 5.32 Å². The second kappa shape index (κ2) is 7.49. The molecule has 2 rings (SSSR count). The smallest absolute Gasteiger partial charge is 0.234 e. The van der Waals surface area contributed by atoms with Gasteiger partial charge in [0.15, 0.2) is 0 Å². The van der Waals surface area contributed by atoms with Gasteiger partial charge < -0.3 is 11.1 Å². The molecule has 0 aliphatic carbocycles. The molecule has 0 spiro atoms. The molecule has 0 aliphatic rings. The van der Waals surface area contributed by atoms with Crippen molar-refractivity contribution >= 4 is 5.91 Å². The van der Waals surface area contributed by atoms with Gasteiger partial charge in [-0.25, -0.2) is 13.2 Å². The van der Waals surface area contributed by atoms with E-state index in [1.54, 1.807) is 19.1 Å². The molecule has 0 saturated heterocycles. The lowest BCUT2D eigenvalue weighted by Gasteiger charge is -2.31. The first-order valence-corrected chi connectivity index (χ1v) is 7.50. The Morgan fingerprint density at radius 2 is 1.50 bits per heavy atom. The first kappa shape index (κ1) is 18.0. The summed E-state index contributed by atoms with van der Waals surface area (Å²) in [7, 11) is 0. The highest BCUT2D eigenvalue weighted by atomic mass is 19.1. The Kier molecular flexibility index (Phi) is 5.62. The Morgan fingerprint density at radius 1 is 0.958 bits per heavy atom. The third-order valence-electron chi connectivity index (χ3n) is 3.65. The maximum Gasteiger partial charge on any atom is 0.234 e. The molecule has 1 amide bonds. The zero-order chi connectivity index (χ0) is 17.7. The molecule has 3 nitrogen and oxygen atoms in total. The van der Waals surface area contributed by atoms with Gasteiger partial charge in [0.05, 0.1) is 6.54 Å². The monoisotopic (exact) mass is 336 g/mol. The quantitative estimate of drug-likeness (QED) is 0.852. The number of hydrogen-bond acceptors (Lipinski definition) is 2. The van der Waals surface area contributed by atoms with E-state index in [1.165, 1.54) is 24.3 Å². The lowest BCUT2D eigenvalue weighted by molar-refractivity contribution is -0.121. The van der Waals surface area contributed by atoms with E-state index in [0.717, 1.165) is 11.6 Å². The topological polar surface area (TPSA) is 55.1 Å². The molecule has 0 saturated carbocycles. The number of hydrogen-bond donors (Lipinski definition) is 2. The van der Waals surface area contributed by atoms with Gasteiger partial charge in [0.25, 0.3) is 0 Å². The SMILES string of the molecule is CC(Cc1ccc(F)cc1)(Cc1cc(F)cc(F)c1)NC(=O)CN. The molecule has 0 bridgehead atoms. The Balaban J connectivity index is 2.27. The molecule has 0 fully saturated rings. The van der Waals surface area contributed by atoms with Crippen LogP contribution in [0.25, 0.3) is 0 Å². The van der Waals surface area contributed by atoms with Crippen LogP contribution in [0, 0.1) is 17.5 Å². The largest absolute Gasteiger partial charge is 0.349 e. The summed E-state index contributed by atoms with van der Waals surface area (Å²) in [6, 6.07) is 9.09. The van der Waals surface area contributed by atoms with E-state index in [-0.39, 0.29) is 24.7 Å². The number of nitrogens with two attached hydrogens (primary N) is 1. The highest BCUT2D eigenvalue weighted by Gasteiger charge is 2.27. The minimum Gasteiger partial charge on any atom is -0.349 e. The average molecular weight is 336 g/mol. The van der Waals surface area contributed by atoms with Gasteiger partial charge >= 0.3 is 0 Å². The molecule has 1 unspecified atom stereocenters. The van der Waals surface area contributed by atoms with Crippen LogP contribution in [0.1, 0.15) is 18.1 Å². The van der Waals surface area contributed by atoms with E-state index in [4.69, 9.17) is 5.73 Å². The molecule has 128 valence electrons. The highest BCUT2D eigenvalue weighted by Crippen LogP contribution is 2.21. The molecule has 0 aromatic heterocycles. The van der Waals surface area contributed by atoms with Gasteiger partial charge in [-0.05, 0) is 55.2 Å². The molecule has 0 radical (unpaired) electrons. The predicted octanol–water partition coefficient (Wildman–Crippen LogP) is 2.72. The van der Waals surface area contributed by atoms with Crippen LogP contribution in [-0.2, 0) is 17.6 Å². The number of benzene rings is 2. The molecule has 2 aromatic carbocycles. The summed E-state index contributed by atoms with van der Waals surface area (Å²) in [5, 5.41) is 2.79. The molecule has 3 N–H and O–H groups in total. The van der Waals surface area contributed by atoms with E-state index < -0.39 is 17.2 Å². The van der Waals surface area contributed by atoms with Crippen LogP contribution < -0.4 is 11.1 Å². The van der Waals surface area contributed by atoms with Crippen LogP contribution in [0.15, 0.2) is 42.5 Å². The molecular formula is C18H19F3N2O. The van der Waals surface area contributed by atoms with E-state index >= 15 is 0 Å². The minimum atomic E-state index is -0.825. The summed E-state index contributed by atoms with van der Waals surface area (Å²) < 4.78 is 39.9. The third kappa shape index (κ3) is 5.09. The average Bonchev–Trinajstić information content (AvgIpc) is 2.48. The van der Waals surface area contributed by atoms with Crippen molar-refractivity contribution in [3.63, 3.8) is 0 Å². The summed E-state index contributed by atoms with van der Waals surface area (Å²) in [6.07, 6.45) is 0.557. The molecular weight excluding hydrogens is 317 g/mol. The number of carbonyl (C=O) groups is 1. The summed E-state index contributed by atoms with van der Waals surface area (Å²) in [4.78, 5) is 11.8. The van der Waals surface area contributed by atoms with Gasteiger partial charge in [-0.1, -0.05) is 12.1 Å². The van der Waals surface area contributed by atoms with Crippen LogP contribution in [0.4, 0.5) is 13.2 Å². The van der Waals surface area contributed by atoms with Crippen LogP contribution in [0.5, 0.6) is 0 Å².